The Hall–Kier alpha value is -2.85. The quantitative estimate of drug-likeness (QED) is 0.731. The number of aromatic nitrogens is 4. The number of hydrogen-bond donors (Lipinski definition) is 1. The molecule has 1 aliphatic heterocycles. The smallest absolute Gasteiger partial charge is 0.253 e. The number of aryl methyl sites for hydroxylation is 1. The Balaban J connectivity index is 1.80. The van der Waals surface area contributed by atoms with E-state index in [1.54, 1.807) is 46.1 Å². The molecule has 2 bridgehead atoms. The first-order valence-electron chi connectivity index (χ1n) is 11.0. The van der Waals surface area contributed by atoms with Crippen molar-refractivity contribution in [2.45, 2.75) is 52.0 Å². The lowest BCUT2D eigenvalue weighted by Gasteiger charge is -2.35. The molecule has 0 aliphatic carbocycles. The van der Waals surface area contributed by atoms with Gasteiger partial charge in [0.2, 0.25) is 5.91 Å². The molecule has 3 rings (SSSR count). The summed E-state index contributed by atoms with van der Waals surface area (Å²) in [5, 5.41) is 18.0. The number of carbonyl (C=O) groups excluding carboxylic acids is 2. The van der Waals surface area contributed by atoms with Crippen molar-refractivity contribution in [2.75, 3.05) is 26.7 Å². The van der Waals surface area contributed by atoms with E-state index < -0.39 is 0 Å². The van der Waals surface area contributed by atoms with Crippen LogP contribution in [0.25, 0.3) is 0 Å². The molecule has 0 aromatic carbocycles. The molecule has 174 valence electrons. The van der Waals surface area contributed by atoms with Crippen molar-refractivity contribution < 1.29 is 19.4 Å². The molecule has 0 spiro atoms. The average molecular weight is 445 g/mol. The molecule has 0 saturated heterocycles. The molecule has 0 fully saturated rings. The first kappa shape index (κ1) is 23.8. The summed E-state index contributed by atoms with van der Waals surface area (Å²) in [6.07, 6.45) is 5.64. The van der Waals surface area contributed by atoms with E-state index in [-0.39, 0.29) is 43.1 Å². The third kappa shape index (κ3) is 6.10. The highest BCUT2D eigenvalue weighted by atomic mass is 16.5. The summed E-state index contributed by atoms with van der Waals surface area (Å²) in [7, 11) is 1.73. The molecule has 2 aromatic rings. The largest absolute Gasteiger partial charge is 0.394 e. The van der Waals surface area contributed by atoms with E-state index in [0.717, 1.165) is 0 Å². The van der Waals surface area contributed by atoms with Crippen molar-refractivity contribution >= 4 is 11.8 Å². The van der Waals surface area contributed by atoms with E-state index in [2.05, 4.69) is 15.3 Å². The van der Waals surface area contributed by atoms with Gasteiger partial charge in [-0.25, -0.2) is 0 Å². The molecule has 10 nitrogen and oxygen atoms in total. The molecule has 32 heavy (non-hydrogen) atoms. The van der Waals surface area contributed by atoms with E-state index in [9.17, 15) is 14.7 Å². The second-order valence-electron chi connectivity index (χ2n) is 8.40. The fourth-order valence-corrected chi connectivity index (χ4v) is 3.76. The van der Waals surface area contributed by atoms with E-state index in [0.29, 0.717) is 43.7 Å². The van der Waals surface area contributed by atoms with Crippen molar-refractivity contribution in [3.05, 3.63) is 42.0 Å². The lowest BCUT2D eigenvalue weighted by molar-refractivity contribution is -0.136. The van der Waals surface area contributed by atoms with E-state index in [4.69, 9.17) is 4.74 Å². The molecule has 1 aliphatic rings. The normalized spacial score (nSPS) is 21.2. The van der Waals surface area contributed by atoms with Crippen LogP contribution in [0.2, 0.25) is 0 Å². The summed E-state index contributed by atoms with van der Waals surface area (Å²) in [5.41, 5.74) is 1.25. The van der Waals surface area contributed by atoms with Gasteiger partial charge in [0.15, 0.2) is 0 Å². The number of carbonyl (C=O) groups is 2. The molecule has 3 atom stereocenters. The van der Waals surface area contributed by atoms with Crippen LogP contribution in [0.4, 0.5) is 0 Å². The molecule has 3 heterocycles. The van der Waals surface area contributed by atoms with Crippen LogP contribution >= 0.6 is 0 Å². The van der Waals surface area contributed by atoms with Crippen molar-refractivity contribution in [3.63, 3.8) is 0 Å². The van der Waals surface area contributed by atoms with Gasteiger partial charge < -0.3 is 19.6 Å². The topological polar surface area (TPSA) is 114 Å². The maximum absolute atomic E-state index is 12.9. The zero-order chi connectivity index (χ0) is 23.1. The number of nitrogens with zero attached hydrogens (tertiary/aromatic N) is 6. The Morgan fingerprint density at radius 2 is 2.12 bits per heavy atom. The first-order valence-corrected chi connectivity index (χ1v) is 11.0. The van der Waals surface area contributed by atoms with E-state index >= 15 is 0 Å². The van der Waals surface area contributed by atoms with Crippen LogP contribution < -0.4 is 0 Å². The van der Waals surface area contributed by atoms with Crippen LogP contribution in [-0.2, 0) is 22.7 Å². The van der Waals surface area contributed by atoms with Crippen LogP contribution in [-0.4, -0.2) is 85.6 Å². The average Bonchev–Trinajstić information content (AvgIpc) is 3.26. The summed E-state index contributed by atoms with van der Waals surface area (Å²) in [6, 6.07) is 3.05. The number of pyridine rings is 1. The number of hydrogen-bond acceptors (Lipinski definition) is 7. The third-order valence-corrected chi connectivity index (χ3v) is 5.77. The molecular formula is C22H32N6O4. The van der Waals surface area contributed by atoms with E-state index in [1.807, 2.05) is 20.0 Å². The Morgan fingerprint density at radius 1 is 1.38 bits per heavy atom. The lowest BCUT2D eigenvalue weighted by Crippen LogP contribution is -2.47. The van der Waals surface area contributed by atoms with Gasteiger partial charge in [0, 0.05) is 57.0 Å². The monoisotopic (exact) mass is 444 g/mol. The Morgan fingerprint density at radius 3 is 2.84 bits per heavy atom. The van der Waals surface area contributed by atoms with Gasteiger partial charge in [0.05, 0.1) is 31.6 Å². The molecule has 0 saturated carbocycles. The highest BCUT2D eigenvalue weighted by Crippen LogP contribution is 2.18. The third-order valence-electron chi connectivity index (χ3n) is 5.77. The minimum Gasteiger partial charge on any atom is -0.394 e. The Kier molecular flexibility index (Phi) is 8.29. The number of aliphatic hydroxyl groups excluding tert-OH is 1. The SMILES string of the molecule is C[C@@H]1CN([C@@H](C)CO)C(=O)CCCn2cc(nn2)CO[C@H]1CN(C)C(=O)c1ccncc1. The van der Waals surface area contributed by atoms with Gasteiger partial charge in [-0.3, -0.25) is 19.3 Å². The maximum atomic E-state index is 12.9. The highest BCUT2D eigenvalue weighted by molar-refractivity contribution is 5.93. The molecule has 0 unspecified atom stereocenters. The minimum atomic E-state index is -0.349. The van der Waals surface area contributed by atoms with Crippen LogP contribution in [0.3, 0.4) is 0 Å². The Bertz CT molecular complexity index is 890. The van der Waals surface area contributed by atoms with Crippen LogP contribution in [0.1, 0.15) is 42.7 Å². The molecular weight excluding hydrogens is 412 g/mol. The zero-order valence-corrected chi connectivity index (χ0v) is 18.9. The number of fused-ring (bicyclic) bond motifs is 2. The standard InChI is InChI=1S/C22H32N6O4/c1-16-11-28(17(2)14-29)21(30)5-4-10-27-12-19(24-25-27)15-32-20(16)13-26(3)22(31)18-6-8-23-9-7-18/h6-9,12,16-17,20,29H,4-5,10-11,13-15H2,1-3H3/t16-,17+,20+/m1/s1. The maximum Gasteiger partial charge on any atom is 0.253 e. The second kappa shape index (κ2) is 11.1. The first-order chi connectivity index (χ1) is 15.4. The number of aliphatic hydroxyl groups is 1. The van der Waals surface area contributed by atoms with E-state index in [1.165, 1.54) is 0 Å². The van der Waals surface area contributed by atoms with Crippen LogP contribution in [0, 0.1) is 5.92 Å². The summed E-state index contributed by atoms with van der Waals surface area (Å²) in [5.74, 6) is -0.233. The fraction of sp³-hybridized carbons (Fsp3) is 0.591. The highest BCUT2D eigenvalue weighted by Gasteiger charge is 2.29. The number of amides is 2. The van der Waals surface area contributed by atoms with Crippen molar-refractivity contribution in [1.82, 2.24) is 29.8 Å². The molecule has 0 radical (unpaired) electrons. The predicted octanol–water partition coefficient (Wildman–Crippen LogP) is 0.970. The molecule has 1 N–H and O–H groups in total. The number of likely N-dealkylation sites (N-methyl/N-ethyl adjacent to an activating group) is 1. The van der Waals surface area contributed by atoms with Gasteiger partial charge in [0.1, 0.15) is 5.69 Å². The van der Waals surface area contributed by atoms with Crippen LogP contribution in [0.5, 0.6) is 0 Å². The Labute approximate surface area is 188 Å². The lowest BCUT2D eigenvalue weighted by atomic mass is 10.0. The summed E-state index contributed by atoms with van der Waals surface area (Å²) < 4.78 is 7.91. The summed E-state index contributed by atoms with van der Waals surface area (Å²) in [4.78, 5) is 33.0. The van der Waals surface area contributed by atoms with Crippen molar-refractivity contribution in [1.29, 1.82) is 0 Å². The zero-order valence-electron chi connectivity index (χ0n) is 18.9. The van der Waals surface area contributed by atoms with Gasteiger partial charge in [-0.1, -0.05) is 12.1 Å². The van der Waals surface area contributed by atoms with Crippen LogP contribution in [0.15, 0.2) is 30.7 Å². The van der Waals surface area contributed by atoms with Gasteiger partial charge in [-0.2, -0.15) is 0 Å². The second-order valence-corrected chi connectivity index (χ2v) is 8.40. The predicted molar refractivity (Wildman–Crippen MR) is 116 cm³/mol. The molecule has 2 amide bonds. The molecule has 2 aromatic heterocycles. The number of rotatable bonds is 5. The summed E-state index contributed by atoms with van der Waals surface area (Å²) >= 11 is 0. The number of ether oxygens (including phenoxy) is 1. The molecule has 10 heteroatoms. The minimum absolute atomic E-state index is 0.0158. The van der Waals surface area contributed by atoms with Gasteiger partial charge in [0.25, 0.3) is 5.91 Å². The van der Waals surface area contributed by atoms with Crippen molar-refractivity contribution in [2.24, 2.45) is 5.92 Å². The fourth-order valence-electron chi connectivity index (χ4n) is 3.76. The van der Waals surface area contributed by atoms with Gasteiger partial charge >= 0.3 is 0 Å². The summed E-state index contributed by atoms with van der Waals surface area (Å²) in [6.45, 7) is 5.32. The van der Waals surface area contributed by atoms with Gasteiger partial charge in [-0.05, 0) is 25.5 Å². The van der Waals surface area contributed by atoms with Crippen molar-refractivity contribution in [3.8, 4) is 0 Å². The van der Waals surface area contributed by atoms with Gasteiger partial charge in [-0.15, -0.1) is 5.10 Å².